The van der Waals surface area contributed by atoms with Gasteiger partial charge in [-0.25, -0.2) is 0 Å². The van der Waals surface area contributed by atoms with E-state index in [0.29, 0.717) is 16.9 Å². The van der Waals surface area contributed by atoms with Crippen LogP contribution in [0.2, 0.25) is 0 Å². The van der Waals surface area contributed by atoms with Crippen LogP contribution in [0.25, 0.3) is 0 Å². The maximum atomic E-state index is 12.1. The van der Waals surface area contributed by atoms with Gasteiger partial charge in [0.05, 0.1) is 5.56 Å². The van der Waals surface area contributed by atoms with Crippen molar-refractivity contribution in [3.05, 3.63) is 48.0 Å². The van der Waals surface area contributed by atoms with E-state index in [1.165, 1.54) is 0 Å². The molecule has 2 rings (SSSR count). The summed E-state index contributed by atoms with van der Waals surface area (Å²) in [7, 11) is 0. The van der Waals surface area contributed by atoms with Crippen LogP contribution < -0.4 is 16.8 Å². The minimum absolute atomic E-state index is 0.240. The topological polar surface area (TPSA) is 81.1 Å². The number of anilines is 3. The third kappa shape index (κ3) is 3.20. The van der Waals surface area contributed by atoms with E-state index in [0.717, 1.165) is 10.6 Å². The summed E-state index contributed by atoms with van der Waals surface area (Å²) in [4.78, 5) is 13.2. The fourth-order valence-corrected chi connectivity index (χ4v) is 2.15. The Labute approximate surface area is 116 Å². The van der Waals surface area contributed by atoms with E-state index in [1.54, 1.807) is 30.0 Å². The highest BCUT2D eigenvalue weighted by Crippen LogP contribution is 2.21. The minimum Gasteiger partial charge on any atom is -0.399 e. The molecule has 0 unspecified atom stereocenters. The number of nitrogen functional groups attached to an aromatic ring is 2. The number of benzene rings is 2. The first kappa shape index (κ1) is 13.3. The molecule has 0 aliphatic rings. The molecule has 0 aromatic heterocycles. The van der Waals surface area contributed by atoms with Crippen LogP contribution in [-0.2, 0) is 0 Å². The highest BCUT2D eigenvalue weighted by Gasteiger charge is 2.10. The first-order chi connectivity index (χ1) is 9.10. The summed E-state index contributed by atoms with van der Waals surface area (Å²) in [6.07, 6.45) is 1.99. The Morgan fingerprint density at radius 1 is 1.16 bits per heavy atom. The molecule has 98 valence electrons. The second kappa shape index (κ2) is 5.67. The van der Waals surface area contributed by atoms with Crippen molar-refractivity contribution in [1.82, 2.24) is 0 Å². The smallest absolute Gasteiger partial charge is 0.257 e. The summed E-state index contributed by atoms with van der Waals surface area (Å²) in [6.45, 7) is 0. The fourth-order valence-electron chi connectivity index (χ4n) is 1.69. The SMILES string of the molecule is CSc1cccc(NC(=O)c2ccc(N)cc2N)c1. The molecule has 0 spiro atoms. The largest absolute Gasteiger partial charge is 0.399 e. The van der Waals surface area contributed by atoms with Crippen molar-refractivity contribution < 1.29 is 4.79 Å². The zero-order valence-electron chi connectivity index (χ0n) is 10.5. The number of nitrogens with two attached hydrogens (primary N) is 2. The molecule has 0 aliphatic heterocycles. The Balaban J connectivity index is 2.20. The Morgan fingerprint density at radius 3 is 2.63 bits per heavy atom. The lowest BCUT2D eigenvalue weighted by Crippen LogP contribution is -2.14. The third-order valence-electron chi connectivity index (χ3n) is 2.65. The number of thioether (sulfide) groups is 1. The molecular formula is C14H15N3OS. The van der Waals surface area contributed by atoms with Crippen molar-refractivity contribution >= 4 is 34.7 Å². The summed E-state index contributed by atoms with van der Waals surface area (Å²) < 4.78 is 0. The summed E-state index contributed by atoms with van der Waals surface area (Å²) in [5.41, 5.74) is 13.5. The van der Waals surface area contributed by atoms with Crippen LogP contribution in [0.15, 0.2) is 47.4 Å². The van der Waals surface area contributed by atoms with Crippen LogP contribution in [0.1, 0.15) is 10.4 Å². The molecule has 0 bridgehead atoms. The number of carbonyl (C=O) groups is 1. The van der Waals surface area contributed by atoms with Gasteiger partial charge in [0.2, 0.25) is 0 Å². The Hall–Kier alpha value is -2.14. The van der Waals surface area contributed by atoms with Crippen LogP contribution in [0.3, 0.4) is 0 Å². The molecule has 4 nitrogen and oxygen atoms in total. The molecule has 0 saturated heterocycles. The normalized spacial score (nSPS) is 10.2. The highest BCUT2D eigenvalue weighted by atomic mass is 32.2. The molecule has 1 amide bonds. The second-order valence-electron chi connectivity index (χ2n) is 4.03. The summed E-state index contributed by atoms with van der Waals surface area (Å²) in [5, 5.41) is 2.82. The quantitative estimate of drug-likeness (QED) is 0.593. The van der Waals surface area contributed by atoms with E-state index in [1.807, 2.05) is 30.5 Å². The van der Waals surface area contributed by atoms with Gasteiger partial charge in [-0.05, 0) is 42.7 Å². The van der Waals surface area contributed by atoms with Crippen molar-refractivity contribution in [3.63, 3.8) is 0 Å². The third-order valence-corrected chi connectivity index (χ3v) is 3.37. The molecule has 2 aromatic carbocycles. The summed E-state index contributed by atoms with van der Waals surface area (Å²) in [5.74, 6) is -0.240. The van der Waals surface area contributed by atoms with E-state index in [4.69, 9.17) is 11.5 Å². The van der Waals surface area contributed by atoms with Gasteiger partial charge in [-0.15, -0.1) is 11.8 Å². The zero-order chi connectivity index (χ0) is 13.8. The Morgan fingerprint density at radius 2 is 1.95 bits per heavy atom. The van der Waals surface area contributed by atoms with Crippen LogP contribution in [-0.4, -0.2) is 12.2 Å². The van der Waals surface area contributed by atoms with Crippen molar-refractivity contribution in [2.24, 2.45) is 0 Å². The molecule has 0 radical (unpaired) electrons. The van der Waals surface area contributed by atoms with E-state index in [-0.39, 0.29) is 5.91 Å². The van der Waals surface area contributed by atoms with Gasteiger partial charge in [-0.1, -0.05) is 6.07 Å². The summed E-state index contributed by atoms with van der Waals surface area (Å²) in [6, 6.07) is 12.5. The highest BCUT2D eigenvalue weighted by molar-refractivity contribution is 7.98. The standard InChI is InChI=1S/C14H15N3OS/c1-19-11-4-2-3-10(8-11)17-14(18)12-6-5-9(15)7-13(12)16/h2-8H,15-16H2,1H3,(H,17,18). The lowest BCUT2D eigenvalue weighted by Gasteiger charge is -2.09. The van der Waals surface area contributed by atoms with Crippen LogP contribution >= 0.6 is 11.8 Å². The number of hydrogen-bond donors (Lipinski definition) is 3. The van der Waals surface area contributed by atoms with E-state index < -0.39 is 0 Å². The monoisotopic (exact) mass is 273 g/mol. The number of rotatable bonds is 3. The average Bonchev–Trinajstić information content (AvgIpc) is 2.38. The van der Waals surface area contributed by atoms with Crippen LogP contribution in [0, 0.1) is 0 Å². The Kier molecular flexibility index (Phi) is 3.97. The number of nitrogens with one attached hydrogen (secondary N) is 1. The van der Waals surface area contributed by atoms with Gasteiger partial charge in [0, 0.05) is 22.0 Å². The number of carbonyl (C=O) groups excluding carboxylic acids is 1. The molecule has 19 heavy (non-hydrogen) atoms. The zero-order valence-corrected chi connectivity index (χ0v) is 11.3. The molecule has 2 aromatic rings. The van der Waals surface area contributed by atoms with Crippen LogP contribution in [0.4, 0.5) is 17.1 Å². The van der Waals surface area contributed by atoms with Gasteiger partial charge in [-0.3, -0.25) is 4.79 Å². The van der Waals surface area contributed by atoms with Crippen molar-refractivity contribution in [2.75, 3.05) is 23.0 Å². The minimum atomic E-state index is -0.240. The Bertz CT molecular complexity index is 613. The lowest BCUT2D eigenvalue weighted by molar-refractivity contribution is 0.102. The molecule has 0 heterocycles. The van der Waals surface area contributed by atoms with Gasteiger partial charge in [0.25, 0.3) is 5.91 Å². The fraction of sp³-hybridized carbons (Fsp3) is 0.0714. The molecule has 5 N–H and O–H groups in total. The van der Waals surface area contributed by atoms with Crippen molar-refractivity contribution in [1.29, 1.82) is 0 Å². The van der Waals surface area contributed by atoms with Crippen molar-refractivity contribution in [3.8, 4) is 0 Å². The van der Waals surface area contributed by atoms with E-state index in [9.17, 15) is 4.79 Å². The number of amides is 1. The molecular weight excluding hydrogens is 258 g/mol. The van der Waals surface area contributed by atoms with Gasteiger partial charge < -0.3 is 16.8 Å². The molecule has 0 fully saturated rings. The maximum Gasteiger partial charge on any atom is 0.257 e. The predicted molar refractivity (Wildman–Crippen MR) is 81.4 cm³/mol. The van der Waals surface area contributed by atoms with Gasteiger partial charge in [-0.2, -0.15) is 0 Å². The van der Waals surface area contributed by atoms with Gasteiger partial charge in [0.1, 0.15) is 0 Å². The van der Waals surface area contributed by atoms with Gasteiger partial charge in [0.15, 0.2) is 0 Å². The van der Waals surface area contributed by atoms with E-state index >= 15 is 0 Å². The number of hydrogen-bond acceptors (Lipinski definition) is 4. The second-order valence-corrected chi connectivity index (χ2v) is 4.91. The summed E-state index contributed by atoms with van der Waals surface area (Å²) >= 11 is 1.62. The molecule has 0 aliphatic carbocycles. The molecule has 5 heteroatoms. The average molecular weight is 273 g/mol. The van der Waals surface area contributed by atoms with Gasteiger partial charge >= 0.3 is 0 Å². The maximum absolute atomic E-state index is 12.1. The van der Waals surface area contributed by atoms with E-state index in [2.05, 4.69) is 5.32 Å². The molecule has 0 atom stereocenters. The molecule has 0 saturated carbocycles. The first-order valence-corrected chi connectivity index (χ1v) is 6.93. The lowest BCUT2D eigenvalue weighted by atomic mass is 10.1. The first-order valence-electron chi connectivity index (χ1n) is 5.70. The van der Waals surface area contributed by atoms with Crippen molar-refractivity contribution in [2.45, 2.75) is 4.90 Å². The van der Waals surface area contributed by atoms with Crippen LogP contribution in [0.5, 0.6) is 0 Å². The predicted octanol–water partition coefficient (Wildman–Crippen LogP) is 2.83.